The van der Waals surface area contributed by atoms with Crippen molar-refractivity contribution in [2.45, 2.75) is 18.2 Å². The second-order valence-corrected chi connectivity index (χ2v) is 6.37. The minimum Gasteiger partial charge on any atom is -0.274 e. The third-order valence-corrected chi connectivity index (χ3v) is 4.87. The number of rotatable bonds is 3. The molecule has 0 N–H and O–H groups in total. The van der Waals surface area contributed by atoms with Crippen molar-refractivity contribution >= 4 is 44.6 Å². The van der Waals surface area contributed by atoms with E-state index in [1.165, 1.54) is 15.7 Å². The van der Waals surface area contributed by atoms with Crippen LogP contribution in [0.25, 0.3) is 16.9 Å². The number of aromatic nitrogens is 3. The first-order valence-electron chi connectivity index (χ1n) is 7.98. The minimum atomic E-state index is -0.338. The van der Waals surface area contributed by atoms with Crippen LogP contribution in [0.2, 0.25) is 0 Å². The molecule has 0 unspecified atom stereocenters. The molecule has 1 aliphatic heterocycles. The highest BCUT2D eigenvalue weighted by atomic mass is 79.9. The van der Waals surface area contributed by atoms with Crippen LogP contribution in [-0.2, 0) is 14.9 Å². The number of alkyl halides is 1. The van der Waals surface area contributed by atoms with E-state index in [4.69, 9.17) is 0 Å². The topological polar surface area (TPSA) is 85.2 Å². The number of hydrogen-bond acceptors (Lipinski definition) is 5. The van der Waals surface area contributed by atoms with Crippen molar-refractivity contribution in [3.8, 4) is 5.69 Å². The molecule has 0 aliphatic carbocycles. The van der Waals surface area contributed by atoms with Crippen LogP contribution in [0, 0.1) is 0 Å². The fraction of sp³-hybridized carbons (Fsp3) is 0.167. The minimum absolute atomic E-state index is 0.199. The van der Waals surface area contributed by atoms with E-state index in [1.54, 1.807) is 36.5 Å². The number of nitrogens with zero attached hydrogens (tertiary/aromatic N) is 4. The lowest BCUT2D eigenvalue weighted by Crippen LogP contribution is -2.30. The van der Waals surface area contributed by atoms with Gasteiger partial charge in [-0.25, -0.2) is 9.97 Å². The van der Waals surface area contributed by atoms with Crippen molar-refractivity contribution in [3.63, 3.8) is 0 Å². The van der Waals surface area contributed by atoms with Crippen LogP contribution < -0.4 is 10.5 Å². The molecule has 3 heterocycles. The summed E-state index contributed by atoms with van der Waals surface area (Å²) < 4.78 is 1.45. The quantitative estimate of drug-likeness (QED) is 0.486. The monoisotopic (exact) mass is 412 g/mol. The molecule has 1 saturated heterocycles. The summed E-state index contributed by atoms with van der Waals surface area (Å²) in [5.74, 6) is -0.473. The molecule has 0 spiro atoms. The van der Waals surface area contributed by atoms with E-state index in [9.17, 15) is 14.4 Å². The van der Waals surface area contributed by atoms with E-state index in [0.29, 0.717) is 33.4 Å². The van der Waals surface area contributed by atoms with Crippen LogP contribution in [0.4, 0.5) is 5.69 Å². The van der Waals surface area contributed by atoms with Crippen molar-refractivity contribution < 1.29 is 9.59 Å². The van der Waals surface area contributed by atoms with Gasteiger partial charge >= 0.3 is 0 Å². The Balaban J connectivity index is 2.02. The normalized spacial score (nSPS) is 14.4. The highest BCUT2D eigenvalue weighted by Crippen LogP contribution is 2.32. The van der Waals surface area contributed by atoms with Crippen LogP contribution in [0.15, 0.2) is 47.5 Å². The van der Waals surface area contributed by atoms with Crippen LogP contribution in [0.3, 0.4) is 0 Å². The molecule has 0 bridgehead atoms. The van der Waals surface area contributed by atoms with Gasteiger partial charge in [0.05, 0.1) is 17.6 Å². The lowest BCUT2D eigenvalue weighted by atomic mass is 10.1. The summed E-state index contributed by atoms with van der Waals surface area (Å²) >= 11 is 3.43. The number of benzene rings is 1. The average Bonchev–Trinajstić information content (AvgIpc) is 2.99. The molecule has 1 aromatic carbocycles. The molecule has 3 aromatic rings. The maximum atomic E-state index is 12.6. The number of halogens is 1. The van der Waals surface area contributed by atoms with Crippen LogP contribution in [0.1, 0.15) is 18.4 Å². The third-order valence-electron chi connectivity index (χ3n) is 4.31. The molecule has 2 amide bonds. The molecular weight excluding hydrogens is 400 g/mol. The van der Waals surface area contributed by atoms with Crippen LogP contribution in [-0.4, -0.2) is 26.3 Å². The van der Waals surface area contributed by atoms with E-state index in [0.717, 1.165) is 0 Å². The molecule has 0 atom stereocenters. The highest BCUT2D eigenvalue weighted by Gasteiger charge is 2.32. The predicted molar refractivity (Wildman–Crippen MR) is 99.5 cm³/mol. The second-order valence-electron chi connectivity index (χ2n) is 5.81. The number of hydrogen-bond donors (Lipinski definition) is 0. The molecule has 0 saturated carbocycles. The molecule has 7 nitrogen and oxygen atoms in total. The zero-order chi connectivity index (χ0) is 18.3. The van der Waals surface area contributed by atoms with Gasteiger partial charge in [-0.3, -0.25) is 23.9 Å². The van der Waals surface area contributed by atoms with Gasteiger partial charge in [0.2, 0.25) is 11.8 Å². The maximum absolute atomic E-state index is 12.6. The Hall–Kier alpha value is -2.87. The number of amides is 2. The van der Waals surface area contributed by atoms with Gasteiger partial charge in [-0.1, -0.05) is 22.0 Å². The van der Waals surface area contributed by atoms with Gasteiger partial charge in [0.15, 0.2) is 5.65 Å². The van der Waals surface area contributed by atoms with Gasteiger partial charge in [-0.2, -0.15) is 0 Å². The molecule has 8 heteroatoms. The maximum Gasteiger partial charge on any atom is 0.275 e. The highest BCUT2D eigenvalue weighted by molar-refractivity contribution is 9.08. The van der Waals surface area contributed by atoms with Crippen LogP contribution in [0.5, 0.6) is 0 Å². The van der Waals surface area contributed by atoms with Crippen molar-refractivity contribution in [2.75, 3.05) is 4.90 Å². The van der Waals surface area contributed by atoms with Crippen molar-refractivity contribution in [1.82, 2.24) is 14.5 Å². The Labute approximate surface area is 156 Å². The molecule has 26 heavy (non-hydrogen) atoms. The van der Waals surface area contributed by atoms with E-state index >= 15 is 0 Å². The first-order chi connectivity index (χ1) is 12.6. The van der Waals surface area contributed by atoms with E-state index in [-0.39, 0.29) is 30.2 Å². The summed E-state index contributed by atoms with van der Waals surface area (Å²) in [4.78, 5) is 46.5. The fourth-order valence-electron chi connectivity index (χ4n) is 3.15. The lowest BCUT2D eigenvalue weighted by molar-refractivity contribution is -0.121. The molecule has 0 radical (unpaired) electrons. The smallest absolute Gasteiger partial charge is 0.274 e. The first-order valence-corrected chi connectivity index (χ1v) is 9.11. The summed E-state index contributed by atoms with van der Waals surface area (Å²) in [6.45, 7) is 0. The molecule has 130 valence electrons. The molecule has 1 aliphatic rings. The van der Waals surface area contributed by atoms with Gasteiger partial charge < -0.3 is 0 Å². The number of pyridine rings is 1. The van der Waals surface area contributed by atoms with Crippen molar-refractivity contribution in [1.29, 1.82) is 0 Å². The van der Waals surface area contributed by atoms with Crippen molar-refractivity contribution in [3.05, 3.63) is 58.6 Å². The van der Waals surface area contributed by atoms with Gasteiger partial charge in [0, 0.05) is 29.9 Å². The lowest BCUT2D eigenvalue weighted by Gasteiger charge is -2.21. The Morgan fingerprint density at radius 3 is 2.42 bits per heavy atom. The number of imide groups is 1. The molecule has 1 fully saturated rings. The number of anilines is 1. The first kappa shape index (κ1) is 16.6. The van der Waals surface area contributed by atoms with Crippen LogP contribution >= 0.6 is 15.9 Å². The molecule has 2 aromatic heterocycles. The number of carbonyl (C=O) groups is 2. The van der Waals surface area contributed by atoms with Gasteiger partial charge in [0.1, 0.15) is 5.52 Å². The second kappa shape index (κ2) is 6.45. The molecule has 4 rings (SSSR count). The average molecular weight is 413 g/mol. The van der Waals surface area contributed by atoms with E-state index in [2.05, 4.69) is 25.9 Å². The third kappa shape index (κ3) is 2.53. The van der Waals surface area contributed by atoms with Crippen molar-refractivity contribution in [2.24, 2.45) is 0 Å². The van der Waals surface area contributed by atoms with E-state index < -0.39 is 0 Å². The summed E-state index contributed by atoms with van der Waals surface area (Å²) in [6, 6.07) is 8.71. The summed E-state index contributed by atoms with van der Waals surface area (Å²) in [7, 11) is 0. The fourth-order valence-corrected chi connectivity index (χ4v) is 3.72. The number of fused-ring (bicyclic) bond motifs is 1. The van der Waals surface area contributed by atoms with Gasteiger partial charge in [-0.15, -0.1) is 0 Å². The Morgan fingerprint density at radius 1 is 0.962 bits per heavy atom. The van der Waals surface area contributed by atoms with Gasteiger partial charge in [0.25, 0.3) is 5.56 Å². The summed E-state index contributed by atoms with van der Waals surface area (Å²) in [6.07, 6.45) is 3.22. The Morgan fingerprint density at radius 2 is 1.69 bits per heavy atom. The summed E-state index contributed by atoms with van der Waals surface area (Å²) in [5, 5.41) is 0.360. The zero-order valence-electron chi connectivity index (χ0n) is 13.6. The SMILES string of the molecule is O=C1CCC(=O)N1c1cccc(-n2c(=O)cnc3cccnc32)c1CBr. The van der Waals surface area contributed by atoms with E-state index in [1.807, 2.05) is 0 Å². The number of carbonyl (C=O) groups excluding carboxylic acids is 2. The Kier molecular flexibility index (Phi) is 4.12. The molecular formula is C18H13BrN4O3. The zero-order valence-corrected chi connectivity index (χ0v) is 15.1. The standard InChI is InChI=1S/C18H13BrN4O3/c19-9-11-13(22-15(24)6-7-16(22)25)4-1-5-14(11)23-17(26)10-21-12-3-2-8-20-18(12)23/h1-5,8,10H,6-7,9H2. The largest absolute Gasteiger partial charge is 0.275 e. The summed E-state index contributed by atoms with van der Waals surface area (Å²) in [5.41, 5.74) is 2.36. The Bertz CT molecular complexity index is 1090. The van der Waals surface area contributed by atoms with Gasteiger partial charge in [-0.05, 0) is 24.3 Å². The predicted octanol–water partition coefficient (Wildman–Crippen LogP) is 2.33.